The predicted octanol–water partition coefficient (Wildman–Crippen LogP) is 2.99. The maximum atomic E-state index is 14.1. The molecule has 40 heavy (non-hydrogen) atoms. The van der Waals surface area contributed by atoms with Gasteiger partial charge in [-0.1, -0.05) is 11.2 Å². The number of fused-ring (bicyclic) bond motifs is 4. The quantitative estimate of drug-likeness (QED) is 0.245. The second-order valence-electron chi connectivity index (χ2n) is 9.34. The number of benzene rings is 1. The highest BCUT2D eigenvalue weighted by Crippen LogP contribution is 2.36. The molecule has 2 aliphatic rings. The zero-order valence-electron chi connectivity index (χ0n) is 22.2. The van der Waals surface area contributed by atoms with Gasteiger partial charge in [0.2, 0.25) is 17.1 Å². The van der Waals surface area contributed by atoms with Crippen LogP contribution in [0.5, 0.6) is 5.75 Å². The Kier molecular flexibility index (Phi) is 8.35. The Labute approximate surface area is 228 Å². The van der Waals surface area contributed by atoms with Crippen molar-refractivity contribution in [2.75, 3.05) is 20.8 Å². The van der Waals surface area contributed by atoms with E-state index in [1.54, 1.807) is 6.92 Å². The monoisotopic (exact) mass is 564 g/mol. The van der Waals surface area contributed by atoms with Crippen LogP contribution in [0.3, 0.4) is 0 Å². The molecule has 2 bridgehead atoms. The van der Waals surface area contributed by atoms with Crippen LogP contribution in [-0.2, 0) is 20.9 Å². The van der Waals surface area contributed by atoms with Gasteiger partial charge in [0.05, 0.1) is 20.3 Å². The maximum absolute atomic E-state index is 14.1. The van der Waals surface area contributed by atoms with E-state index in [-0.39, 0.29) is 37.7 Å². The summed E-state index contributed by atoms with van der Waals surface area (Å²) in [6.45, 7) is 3.22. The van der Waals surface area contributed by atoms with E-state index < -0.39 is 58.5 Å². The van der Waals surface area contributed by atoms with Gasteiger partial charge in [-0.15, -0.1) is 0 Å². The number of aromatic nitrogens is 1. The van der Waals surface area contributed by atoms with E-state index >= 15 is 0 Å². The molecule has 1 N–H and O–H groups in total. The van der Waals surface area contributed by atoms with Crippen LogP contribution in [0, 0.1) is 11.6 Å². The highest BCUT2D eigenvalue weighted by atomic mass is 19.1. The van der Waals surface area contributed by atoms with Crippen molar-refractivity contribution in [1.82, 2.24) is 14.8 Å². The number of amides is 2. The Bertz CT molecular complexity index is 1430. The third kappa shape index (κ3) is 5.60. The molecule has 3 atom stereocenters. The molecule has 1 saturated heterocycles. The van der Waals surface area contributed by atoms with Crippen LogP contribution >= 0.6 is 0 Å². The molecule has 4 rings (SSSR count). The zero-order valence-corrected chi connectivity index (χ0v) is 22.2. The predicted molar refractivity (Wildman–Crippen MR) is 137 cm³/mol. The van der Waals surface area contributed by atoms with Crippen molar-refractivity contribution in [2.45, 2.75) is 51.4 Å². The van der Waals surface area contributed by atoms with Crippen molar-refractivity contribution >= 4 is 23.9 Å². The van der Waals surface area contributed by atoms with Gasteiger partial charge < -0.3 is 33.8 Å². The number of nitrogens with zero attached hydrogens (tertiary/aromatic N) is 3. The van der Waals surface area contributed by atoms with Crippen LogP contribution in [0.1, 0.15) is 60.6 Å². The Morgan fingerprint density at radius 3 is 2.60 bits per heavy atom. The Balaban J connectivity index is 0.00000462. The Morgan fingerprint density at radius 1 is 1.18 bits per heavy atom. The van der Waals surface area contributed by atoms with Gasteiger partial charge in [0, 0.05) is 45.3 Å². The summed E-state index contributed by atoms with van der Waals surface area (Å²) in [6.07, 6.45) is 0.277. The van der Waals surface area contributed by atoms with Gasteiger partial charge in [-0.05, 0) is 25.8 Å². The van der Waals surface area contributed by atoms with Crippen LogP contribution < -0.4 is 15.5 Å². The summed E-state index contributed by atoms with van der Waals surface area (Å²) in [7, 11) is 2.45. The number of hydrogen-bond donors (Lipinski definition) is 1. The molecule has 0 unspecified atom stereocenters. The average Bonchev–Trinajstić information content (AvgIpc) is 3.07. The van der Waals surface area contributed by atoms with E-state index in [4.69, 9.17) is 14.3 Å². The van der Waals surface area contributed by atoms with Gasteiger partial charge in [-0.25, -0.2) is 13.6 Å². The first kappa shape index (κ1) is 28.5. The number of hydrogen-bond acceptors (Lipinski definition) is 9. The van der Waals surface area contributed by atoms with Crippen LogP contribution in [0.15, 0.2) is 34.3 Å². The second kappa shape index (κ2) is 11.7. The average molecular weight is 565 g/mol. The van der Waals surface area contributed by atoms with Crippen LogP contribution in [-0.4, -0.2) is 66.2 Å². The molecule has 216 valence electrons. The molecule has 3 heterocycles. The van der Waals surface area contributed by atoms with Crippen molar-refractivity contribution in [3.63, 3.8) is 0 Å². The smallest absolute Gasteiger partial charge is 0.482 e. The van der Waals surface area contributed by atoms with Crippen LogP contribution in [0.2, 0.25) is 0 Å². The van der Waals surface area contributed by atoms with Crippen LogP contribution in [0.4, 0.5) is 13.6 Å². The van der Waals surface area contributed by atoms with E-state index in [2.05, 4.69) is 15.2 Å². The molecular weight excluding hydrogens is 534 g/mol. The zero-order chi connectivity index (χ0) is 29.1. The number of pyridine rings is 1. The molecule has 1 fully saturated rings. The van der Waals surface area contributed by atoms with Gasteiger partial charge in [0.15, 0.2) is 5.69 Å². The second-order valence-corrected chi connectivity index (χ2v) is 9.34. The molecule has 0 spiro atoms. The molecule has 2 amide bonds. The van der Waals surface area contributed by atoms with E-state index in [9.17, 15) is 28.0 Å². The molecule has 0 aliphatic carbocycles. The highest BCUT2D eigenvalue weighted by Gasteiger charge is 2.44. The fourth-order valence-electron chi connectivity index (χ4n) is 4.64. The first-order valence-electron chi connectivity index (χ1n) is 12.4. The lowest BCUT2D eigenvalue weighted by Gasteiger charge is -2.38. The number of nitrogens with one attached hydrogen (secondary N) is 1. The molecule has 12 nitrogen and oxygen atoms in total. The van der Waals surface area contributed by atoms with Gasteiger partial charge in [-0.3, -0.25) is 14.4 Å². The molecule has 2 aliphatic heterocycles. The van der Waals surface area contributed by atoms with E-state index in [0.29, 0.717) is 18.9 Å². The first-order valence-corrected chi connectivity index (χ1v) is 12.4. The largest absolute Gasteiger partial charge is 0.513 e. The number of carbonyl (C=O) groups excluding carboxylic acids is 3. The van der Waals surface area contributed by atoms with Crippen LogP contribution in [0.25, 0.3) is 0 Å². The molecule has 14 heteroatoms. The van der Waals surface area contributed by atoms with E-state index in [1.165, 1.54) is 22.8 Å². The number of oxime groups is 1. The van der Waals surface area contributed by atoms with Gasteiger partial charge >= 0.3 is 6.16 Å². The summed E-state index contributed by atoms with van der Waals surface area (Å²) in [6, 6.07) is 1.95. The summed E-state index contributed by atoms with van der Waals surface area (Å²) in [5.41, 5.74) is -1.83. The molecule has 0 saturated carbocycles. The molecule has 1 aromatic carbocycles. The van der Waals surface area contributed by atoms with Gasteiger partial charge in [0.1, 0.15) is 23.3 Å². The van der Waals surface area contributed by atoms with Crippen molar-refractivity contribution in [3.8, 4) is 5.75 Å². The van der Waals surface area contributed by atoms with Gasteiger partial charge in [-0.2, -0.15) is 0 Å². The standard InChI is InChI=1S/C26H28F2N4O8.H2/c1-13-5-8-20(40-30-14(2)37-3)19-12-31(13)25(35)21-23(39-26(36)38-4)22(33)17(11-32(19)21)24(34)29-10-15-6-7-16(27)9-18(15)28;/h6-7,9,11,13,19-20H,5,8,10,12H2,1-4H3,(H,29,34);1H/b30-14+;/t13-,19+,20+;/m0./s1. The highest BCUT2D eigenvalue weighted by molar-refractivity contribution is 6.00. The Morgan fingerprint density at radius 2 is 1.93 bits per heavy atom. The summed E-state index contributed by atoms with van der Waals surface area (Å²) >= 11 is 0. The number of carbonyl (C=O) groups is 3. The van der Waals surface area contributed by atoms with E-state index in [0.717, 1.165) is 19.2 Å². The third-order valence-electron chi connectivity index (χ3n) is 6.89. The lowest BCUT2D eigenvalue weighted by molar-refractivity contribution is 0.00466. The van der Waals surface area contributed by atoms with Crippen molar-refractivity contribution < 1.29 is 43.6 Å². The Hall–Kier alpha value is -4.49. The van der Waals surface area contributed by atoms with Gasteiger partial charge in [0.25, 0.3) is 11.8 Å². The summed E-state index contributed by atoms with van der Waals surface area (Å²) < 4.78 is 43.4. The minimum absolute atomic E-state index is 0. The number of ether oxygens (including phenoxy) is 3. The lowest BCUT2D eigenvalue weighted by atomic mass is 10.0. The number of methoxy groups -OCH3 is 2. The van der Waals surface area contributed by atoms with Crippen molar-refractivity contribution in [1.29, 1.82) is 0 Å². The summed E-state index contributed by atoms with van der Waals surface area (Å²) in [4.78, 5) is 59.6. The molecule has 0 radical (unpaired) electrons. The van der Waals surface area contributed by atoms with Crippen molar-refractivity contribution in [3.05, 3.63) is 63.1 Å². The number of halogens is 2. The minimum atomic E-state index is -1.27. The summed E-state index contributed by atoms with van der Waals surface area (Å²) in [5, 5.41) is 6.39. The molecule has 2 aromatic rings. The van der Waals surface area contributed by atoms with E-state index in [1.807, 2.05) is 6.92 Å². The normalized spacial score (nSPS) is 20.2. The number of rotatable bonds is 6. The van der Waals surface area contributed by atoms with Crippen molar-refractivity contribution in [2.24, 2.45) is 5.16 Å². The molecular formula is C26H30F2N4O8. The summed E-state index contributed by atoms with van der Waals surface area (Å²) in [5.74, 6) is -3.65. The lowest BCUT2D eigenvalue weighted by Crippen LogP contribution is -2.49. The minimum Gasteiger partial charge on any atom is -0.482 e. The first-order chi connectivity index (χ1) is 19.0. The maximum Gasteiger partial charge on any atom is 0.513 e. The fraction of sp³-hybridized carbons (Fsp3) is 0.423. The topological polar surface area (TPSA) is 138 Å². The SMILES string of the molecule is COC(=O)Oc1c2n(cc(C(=O)NCc3ccc(F)cc3F)c1=O)[C@@H]1CN(C2=O)[C@@H](C)CC[C@H]1O/N=C(\C)OC.[HH]. The molecule has 1 aromatic heterocycles. The fourth-order valence-corrected chi connectivity index (χ4v) is 4.64. The third-order valence-corrected chi connectivity index (χ3v) is 6.89.